The molecule has 0 radical (unpaired) electrons. The maximum absolute atomic E-state index is 3.91. The zero-order chi connectivity index (χ0) is 35.8. The van der Waals surface area contributed by atoms with Gasteiger partial charge < -0.3 is 5.32 Å². The first-order valence-electron chi connectivity index (χ1n) is 18.3. The quantitative estimate of drug-likeness (QED) is 0.190. The second kappa shape index (κ2) is 12.1. The monoisotopic (exact) mass is 689 g/mol. The summed E-state index contributed by atoms with van der Waals surface area (Å²) in [5, 5.41) is 6.52. The van der Waals surface area contributed by atoms with Gasteiger partial charge in [0.05, 0.1) is 0 Å². The number of aryl methyl sites for hydroxylation is 1. The third-order valence-corrected chi connectivity index (χ3v) is 12.3. The minimum atomic E-state index is -0.128. The molecule has 0 aliphatic heterocycles. The van der Waals surface area contributed by atoms with Crippen molar-refractivity contribution in [1.82, 2.24) is 0 Å². The topological polar surface area (TPSA) is 12.0 Å². The fourth-order valence-corrected chi connectivity index (χ4v) is 9.41. The van der Waals surface area contributed by atoms with E-state index in [9.17, 15) is 0 Å². The van der Waals surface area contributed by atoms with Crippen molar-refractivity contribution in [1.29, 1.82) is 0 Å². The zero-order valence-corrected chi connectivity index (χ0v) is 31.6. The van der Waals surface area contributed by atoms with Crippen molar-refractivity contribution in [2.45, 2.75) is 52.4 Å². The summed E-state index contributed by atoms with van der Waals surface area (Å²) in [5.41, 5.74) is 17.8. The molecule has 0 atom stereocenters. The van der Waals surface area contributed by atoms with Gasteiger partial charge in [0.2, 0.25) is 0 Å². The molecule has 0 bridgehead atoms. The summed E-state index contributed by atoms with van der Waals surface area (Å²) >= 11 is 1.87. The highest BCUT2D eigenvalue weighted by Gasteiger charge is 2.39. The van der Waals surface area contributed by atoms with Crippen LogP contribution in [0, 0.1) is 6.92 Å². The molecule has 0 saturated carbocycles. The molecule has 1 N–H and O–H groups in total. The first kappa shape index (κ1) is 32.5. The van der Waals surface area contributed by atoms with Gasteiger partial charge in [0, 0.05) is 42.5 Å². The minimum Gasteiger partial charge on any atom is -0.355 e. The lowest BCUT2D eigenvalue weighted by Gasteiger charge is -2.25. The van der Waals surface area contributed by atoms with Gasteiger partial charge in [0.15, 0.2) is 0 Å². The van der Waals surface area contributed by atoms with Gasteiger partial charge in [-0.1, -0.05) is 150 Å². The Kier molecular flexibility index (Phi) is 7.54. The van der Waals surface area contributed by atoms with E-state index in [0.717, 1.165) is 11.4 Å². The molecule has 0 saturated heterocycles. The van der Waals surface area contributed by atoms with Crippen molar-refractivity contribution in [2.75, 3.05) is 5.32 Å². The second-order valence-electron chi connectivity index (χ2n) is 15.9. The highest BCUT2D eigenvalue weighted by Crippen LogP contribution is 2.56. The van der Waals surface area contributed by atoms with Gasteiger partial charge in [0.1, 0.15) is 0 Å². The molecule has 1 aliphatic carbocycles. The number of benzene rings is 7. The van der Waals surface area contributed by atoms with Gasteiger partial charge in [-0.15, -0.1) is 11.3 Å². The Morgan fingerprint density at radius 3 is 1.98 bits per heavy atom. The van der Waals surface area contributed by atoms with Gasteiger partial charge >= 0.3 is 0 Å². The van der Waals surface area contributed by atoms with E-state index < -0.39 is 0 Å². The minimum absolute atomic E-state index is 0.0719. The molecule has 0 amide bonds. The molecular formula is C50H43NS. The zero-order valence-electron chi connectivity index (χ0n) is 30.8. The molecule has 8 aromatic rings. The summed E-state index contributed by atoms with van der Waals surface area (Å²) in [4.78, 5) is 0. The van der Waals surface area contributed by atoms with Crippen molar-refractivity contribution in [3.8, 4) is 44.5 Å². The Morgan fingerprint density at radius 1 is 0.519 bits per heavy atom. The van der Waals surface area contributed by atoms with Gasteiger partial charge in [-0.05, 0) is 104 Å². The Labute approximate surface area is 311 Å². The summed E-state index contributed by atoms with van der Waals surface area (Å²) in [6.07, 6.45) is 0. The molecule has 254 valence electrons. The lowest BCUT2D eigenvalue weighted by atomic mass is 9.78. The van der Waals surface area contributed by atoms with E-state index in [0.29, 0.717) is 0 Å². The molecule has 0 fully saturated rings. The van der Waals surface area contributed by atoms with Gasteiger partial charge in [-0.2, -0.15) is 0 Å². The first-order valence-corrected chi connectivity index (χ1v) is 19.2. The van der Waals surface area contributed by atoms with Crippen LogP contribution < -0.4 is 5.32 Å². The summed E-state index contributed by atoms with van der Waals surface area (Å²) in [6, 6.07) is 54.1. The molecule has 1 aromatic heterocycles. The first-order chi connectivity index (χ1) is 25.1. The molecule has 7 aromatic carbocycles. The van der Waals surface area contributed by atoms with Crippen LogP contribution in [0.4, 0.5) is 11.4 Å². The molecule has 52 heavy (non-hydrogen) atoms. The maximum atomic E-state index is 3.91. The average Bonchev–Trinajstić information content (AvgIpc) is 3.62. The van der Waals surface area contributed by atoms with Gasteiger partial charge in [-0.25, -0.2) is 0 Å². The van der Waals surface area contributed by atoms with Crippen LogP contribution in [-0.2, 0) is 10.8 Å². The third-order valence-electron chi connectivity index (χ3n) is 11.2. The van der Waals surface area contributed by atoms with E-state index in [1.165, 1.54) is 86.9 Å². The summed E-state index contributed by atoms with van der Waals surface area (Å²) < 4.78 is 2.60. The van der Waals surface area contributed by atoms with Crippen molar-refractivity contribution >= 4 is 42.9 Å². The van der Waals surface area contributed by atoms with Gasteiger partial charge in [-0.3, -0.25) is 0 Å². The van der Waals surface area contributed by atoms with E-state index in [1.54, 1.807) is 0 Å². The predicted molar refractivity (Wildman–Crippen MR) is 226 cm³/mol. The lowest BCUT2D eigenvalue weighted by Crippen LogP contribution is -2.17. The van der Waals surface area contributed by atoms with Crippen LogP contribution in [-0.4, -0.2) is 0 Å². The molecule has 0 unspecified atom stereocenters. The van der Waals surface area contributed by atoms with E-state index in [-0.39, 0.29) is 10.8 Å². The number of rotatable bonds is 5. The van der Waals surface area contributed by atoms with Crippen LogP contribution in [0.2, 0.25) is 0 Å². The van der Waals surface area contributed by atoms with Crippen LogP contribution in [0.15, 0.2) is 146 Å². The number of fused-ring (bicyclic) bond motifs is 6. The smallest absolute Gasteiger partial charge is 0.0478 e. The third kappa shape index (κ3) is 5.28. The van der Waals surface area contributed by atoms with Crippen LogP contribution in [0.5, 0.6) is 0 Å². The molecule has 1 nitrogen and oxygen atoms in total. The van der Waals surface area contributed by atoms with Crippen molar-refractivity contribution in [3.05, 3.63) is 168 Å². The molecule has 1 heterocycles. The largest absolute Gasteiger partial charge is 0.355 e. The summed E-state index contributed by atoms with van der Waals surface area (Å²) in [7, 11) is 0. The molecule has 1 aliphatic rings. The number of nitrogens with one attached hydrogen (secondary N) is 1. The molecular weight excluding hydrogens is 647 g/mol. The summed E-state index contributed by atoms with van der Waals surface area (Å²) in [5.74, 6) is 0. The molecule has 2 heteroatoms. The predicted octanol–water partition coefficient (Wildman–Crippen LogP) is 14.7. The van der Waals surface area contributed by atoms with E-state index in [1.807, 2.05) is 11.3 Å². The number of hydrogen-bond donors (Lipinski definition) is 1. The average molecular weight is 690 g/mol. The fraction of sp³-hybridized carbons (Fsp3) is 0.160. The van der Waals surface area contributed by atoms with Crippen molar-refractivity contribution in [2.24, 2.45) is 0 Å². The Balaban J connectivity index is 1.31. The highest BCUT2D eigenvalue weighted by atomic mass is 32.1. The standard InChI is InChI=1S/C50H43NS/c1-31-14-10-11-17-36(31)47-38(26-27-42-48(47)39-25-22-34(49(2,3)4)28-43(39)50(42,5)6)40-29-41-37-18-12-13-19-45(37)52-46(41)30-44(40)51-35-23-20-33(21-24-35)32-15-8-7-9-16-32/h7-30,51H,1-6H3. The van der Waals surface area contributed by atoms with E-state index in [4.69, 9.17) is 0 Å². The van der Waals surface area contributed by atoms with Crippen molar-refractivity contribution in [3.63, 3.8) is 0 Å². The van der Waals surface area contributed by atoms with E-state index >= 15 is 0 Å². The fourth-order valence-electron chi connectivity index (χ4n) is 8.28. The SMILES string of the molecule is Cc1ccccc1-c1c(-c2cc3c(cc2Nc2ccc(-c4ccccc4)cc2)sc2ccccc23)ccc2c1-c1ccc(C(C)(C)C)cc1C2(C)C. The maximum Gasteiger partial charge on any atom is 0.0478 e. The van der Waals surface area contributed by atoms with Crippen LogP contribution in [0.25, 0.3) is 64.7 Å². The van der Waals surface area contributed by atoms with Crippen LogP contribution in [0.1, 0.15) is 56.9 Å². The Hall–Kier alpha value is -5.44. The van der Waals surface area contributed by atoms with E-state index in [2.05, 4.69) is 192 Å². The second-order valence-corrected chi connectivity index (χ2v) is 17.0. The normalized spacial score (nSPS) is 13.3. The summed E-state index contributed by atoms with van der Waals surface area (Å²) in [6.45, 7) is 14.0. The van der Waals surface area contributed by atoms with Crippen LogP contribution in [0.3, 0.4) is 0 Å². The molecule has 0 spiro atoms. The number of anilines is 2. The number of thiophene rings is 1. The Morgan fingerprint density at radius 2 is 1.21 bits per heavy atom. The number of hydrogen-bond acceptors (Lipinski definition) is 2. The highest BCUT2D eigenvalue weighted by molar-refractivity contribution is 7.25. The Bertz CT molecular complexity index is 2650. The van der Waals surface area contributed by atoms with Crippen LogP contribution >= 0.6 is 11.3 Å². The molecule has 9 rings (SSSR count). The van der Waals surface area contributed by atoms with Gasteiger partial charge in [0.25, 0.3) is 0 Å². The lowest BCUT2D eigenvalue weighted by molar-refractivity contribution is 0.584. The van der Waals surface area contributed by atoms with Crippen molar-refractivity contribution < 1.29 is 0 Å².